The number of pyridine rings is 2. The summed E-state index contributed by atoms with van der Waals surface area (Å²) in [5, 5.41) is 2.21. The molecule has 3 aromatic heterocycles. The summed E-state index contributed by atoms with van der Waals surface area (Å²) in [4.78, 5) is 8.84. The number of benzene rings is 5. The Morgan fingerprint density at radius 1 is 0.660 bits per heavy atom. The Balaban J connectivity index is 0.000000188. The minimum atomic E-state index is -2.27. The normalized spacial score (nSPS) is 13.4. The third kappa shape index (κ3) is 7.23. The van der Waals surface area contributed by atoms with Crippen LogP contribution in [0, 0.1) is 25.8 Å². The smallest absolute Gasteiger partial charge is 0.128 e. The second kappa shape index (κ2) is 14.8. The van der Waals surface area contributed by atoms with Crippen molar-refractivity contribution in [3.8, 4) is 44.8 Å². The van der Waals surface area contributed by atoms with E-state index in [0.717, 1.165) is 49.9 Å². The molecule has 0 N–H and O–H groups in total. The van der Waals surface area contributed by atoms with Crippen LogP contribution in [0.4, 0.5) is 0 Å². The van der Waals surface area contributed by atoms with Crippen molar-refractivity contribution < 1.29 is 32.7 Å². The first-order valence-electron chi connectivity index (χ1n) is 19.2. The summed E-state index contributed by atoms with van der Waals surface area (Å²) in [6.45, 7) is 2.16. The number of rotatable bonds is 4. The van der Waals surface area contributed by atoms with E-state index in [1.165, 1.54) is 23.9 Å². The molecular weight excluding hydrogens is 789 g/mol. The Bertz CT molecular complexity index is 2590. The van der Waals surface area contributed by atoms with E-state index in [1.54, 1.807) is 12.1 Å². The molecule has 0 fully saturated rings. The Labute approximate surface area is 316 Å². The Hall–Kier alpha value is -5.15. The maximum absolute atomic E-state index is 7.77. The van der Waals surface area contributed by atoms with Crippen molar-refractivity contribution in [1.29, 1.82) is 0 Å². The Morgan fingerprint density at radius 3 is 2.08 bits per heavy atom. The Kier molecular flexibility index (Phi) is 8.16. The summed E-state index contributed by atoms with van der Waals surface area (Å²) in [5.74, 6) is 0. The predicted octanol–water partition coefficient (Wildman–Crippen LogP) is 12.2. The fourth-order valence-corrected chi connectivity index (χ4v) is 5.88. The molecular formula is C46H38IrN2O-2. The van der Waals surface area contributed by atoms with Gasteiger partial charge in [0, 0.05) is 51.7 Å². The molecule has 0 aliphatic heterocycles. The van der Waals surface area contributed by atoms with E-state index in [0.29, 0.717) is 16.8 Å². The number of furan rings is 1. The van der Waals surface area contributed by atoms with Crippen LogP contribution in [-0.2, 0) is 25.5 Å². The molecule has 50 heavy (non-hydrogen) atoms. The van der Waals surface area contributed by atoms with E-state index in [-0.39, 0.29) is 36.6 Å². The first kappa shape index (κ1) is 27.6. The summed E-state index contributed by atoms with van der Waals surface area (Å²) in [5.41, 5.74) is 9.97. The molecule has 0 aliphatic carbocycles. The number of aryl methyl sites for hydroxylation is 2. The van der Waals surface area contributed by atoms with Gasteiger partial charge in [0.1, 0.15) is 5.58 Å². The second-order valence-electron chi connectivity index (χ2n) is 12.9. The van der Waals surface area contributed by atoms with Crippen molar-refractivity contribution in [2.75, 3.05) is 0 Å². The fourth-order valence-electron chi connectivity index (χ4n) is 5.88. The van der Waals surface area contributed by atoms with Gasteiger partial charge in [-0.2, -0.15) is 0 Å². The molecule has 0 saturated carbocycles. The number of hydrogen-bond acceptors (Lipinski definition) is 3. The minimum absolute atomic E-state index is 0. The molecule has 5 aromatic carbocycles. The molecule has 0 atom stereocenters. The van der Waals surface area contributed by atoms with E-state index in [4.69, 9.17) is 12.6 Å². The number of fused-ring (bicyclic) bond motifs is 3. The monoisotopic (exact) mass is 833 g/mol. The van der Waals surface area contributed by atoms with E-state index in [1.807, 2.05) is 48.7 Å². The standard InChI is InChI=1S/C27H22NO.C19H16N.Ir/c1-27(2,3)19-15-16-28-24(17-19)23-14-8-13-22-21-12-7-11-20(25(21)29-26(22)23)18-9-5-4-6-10-18;1-14-8-11-19(20-13-14)17-10-9-15(2)18(12-17)16-6-4-3-5-7-16;/h4-13,15-17H,1-3H3;3-9,11-13H,1-2H3;/q2*-1;/i;1D3,2D3;. The molecule has 8 rings (SSSR count). The van der Waals surface area contributed by atoms with Gasteiger partial charge in [-0.05, 0) is 52.0 Å². The topological polar surface area (TPSA) is 38.9 Å². The average Bonchev–Trinajstić information content (AvgIpc) is 3.57. The molecule has 0 spiro atoms. The van der Waals surface area contributed by atoms with Crippen LogP contribution in [0.25, 0.3) is 66.7 Å². The first-order valence-corrected chi connectivity index (χ1v) is 16.2. The van der Waals surface area contributed by atoms with Crippen molar-refractivity contribution in [3.05, 3.63) is 169 Å². The molecule has 3 nitrogen and oxygen atoms in total. The van der Waals surface area contributed by atoms with Gasteiger partial charge in [-0.3, -0.25) is 0 Å². The second-order valence-corrected chi connectivity index (χ2v) is 12.9. The van der Waals surface area contributed by atoms with Gasteiger partial charge in [-0.15, -0.1) is 47.5 Å². The van der Waals surface area contributed by atoms with Gasteiger partial charge >= 0.3 is 0 Å². The van der Waals surface area contributed by atoms with Crippen molar-refractivity contribution in [1.82, 2.24) is 9.97 Å². The number of nitrogens with zero attached hydrogens (tertiary/aromatic N) is 2. The summed E-state index contributed by atoms with van der Waals surface area (Å²) in [6, 6.07) is 46.9. The van der Waals surface area contributed by atoms with E-state index < -0.39 is 13.7 Å². The molecule has 0 bridgehead atoms. The SMILES string of the molecule is CC(C)(C)c1ccnc(-c2[c-]ccc3c2oc2c(-c4ccccc4)cccc23)c1.[2H]C([2H])([2H])c1ccc(-c2[c-]cc(C([2H])([2H])[2H])c(-c3ccccc3)c2)nc1.[Ir]. The predicted molar refractivity (Wildman–Crippen MR) is 203 cm³/mol. The first-order chi connectivity index (χ1) is 26.2. The van der Waals surface area contributed by atoms with Crippen LogP contribution in [0.15, 0.2) is 144 Å². The molecule has 3 heterocycles. The number of hydrogen-bond donors (Lipinski definition) is 0. The van der Waals surface area contributed by atoms with Crippen LogP contribution in [0.2, 0.25) is 0 Å². The zero-order valence-corrected chi connectivity index (χ0v) is 30.3. The van der Waals surface area contributed by atoms with Gasteiger partial charge < -0.3 is 14.4 Å². The van der Waals surface area contributed by atoms with Gasteiger partial charge in [-0.1, -0.05) is 141 Å². The molecule has 0 saturated heterocycles. The molecule has 249 valence electrons. The third-order valence-electron chi connectivity index (χ3n) is 8.50. The van der Waals surface area contributed by atoms with Crippen LogP contribution >= 0.6 is 0 Å². The zero-order chi connectivity index (χ0) is 39.0. The van der Waals surface area contributed by atoms with E-state index in [2.05, 4.69) is 104 Å². The summed E-state index contributed by atoms with van der Waals surface area (Å²) in [7, 11) is 0. The van der Waals surface area contributed by atoms with Crippen molar-refractivity contribution >= 4 is 21.9 Å². The molecule has 0 aliphatic rings. The number of aromatic nitrogens is 2. The van der Waals surface area contributed by atoms with Gasteiger partial charge in [0.25, 0.3) is 0 Å². The fraction of sp³-hybridized carbons (Fsp3) is 0.130. The molecule has 1 radical (unpaired) electrons. The van der Waals surface area contributed by atoms with Crippen molar-refractivity contribution in [2.24, 2.45) is 0 Å². The van der Waals surface area contributed by atoms with Crippen LogP contribution < -0.4 is 0 Å². The molecule has 4 heteroatoms. The van der Waals surface area contributed by atoms with Crippen LogP contribution in [0.5, 0.6) is 0 Å². The third-order valence-corrected chi connectivity index (χ3v) is 8.50. The quantitative estimate of drug-likeness (QED) is 0.166. The van der Waals surface area contributed by atoms with Gasteiger partial charge in [0.2, 0.25) is 0 Å². The maximum Gasteiger partial charge on any atom is 0.128 e. The van der Waals surface area contributed by atoms with Crippen molar-refractivity contribution in [2.45, 2.75) is 39.9 Å². The van der Waals surface area contributed by atoms with Crippen LogP contribution in [0.3, 0.4) is 0 Å². The van der Waals surface area contributed by atoms with Crippen LogP contribution in [0.1, 0.15) is 45.7 Å². The summed E-state index contributed by atoms with van der Waals surface area (Å²) >= 11 is 0. The van der Waals surface area contributed by atoms with E-state index in [9.17, 15) is 0 Å². The zero-order valence-electron chi connectivity index (χ0n) is 33.9. The molecule has 8 aromatic rings. The summed E-state index contributed by atoms with van der Waals surface area (Å²) < 4.78 is 52.0. The summed E-state index contributed by atoms with van der Waals surface area (Å²) in [6.07, 6.45) is 3.19. The molecule has 0 amide bonds. The van der Waals surface area contributed by atoms with E-state index >= 15 is 0 Å². The van der Waals surface area contributed by atoms with Gasteiger partial charge in [-0.25, -0.2) is 0 Å². The number of para-hydroxylation sites is 1. The van der Waals surface area contributed by atoms with Crippen molar-refractivity contribution in [3.63, 3.8) is 0 Å². The minimum Gasteiger partial charge on any atom is -0.500 e. The average molecular weight is 833 g/mol. The van der Waals surface area contributed by atoms with Crippen LogP contribution in [-0.4, -0.2) is 9.97 Å². The van der Waals surface area contributed by atoms with Gasteiger partial charge in [0.05, 0.1) is 5.58 Å². The maximum atomic E-state index is 7.77. The van der Waals surface area contributed by atoms with Gasteiger partial charge in [0.15, 0.2) is 0 Å². The molecule has 0 unspecified atom stereocenters. The Morgan fingerprint density at radius 2 is 1.40 bits per heavy atom. The largest absolute Gasteiger partial charge is 0.500 e.